The monoisotopic (exact) mass is 201 g/mol. The molecule has 1 N–H and O–H groups in total. The van der Waals surface area contributed by atoms with E-state index in [9.17, 15) is 13.2 Å². The van der Waals surface area contributed by atoms with Crippen molar-refractivity contribution in [1.82, 2.24) is 0 Å². The first kappa shape index (κ1) is 9.37. The Morgan fingerprint density at radius 2 is 2.07 bits per heavy atom. The second-order valence-electron chi connectivity index (χ2n) is 3.60. The number of benzene rings is 1. The second-order valence-corrected chi connectivity index (χ2v) is 3.60. The molecule has 0 saturated heterocycles. The molecule has 0 radical (unpaired) electrons. The lowest BCUT2D eigenvalue weighted by Gasteiger charge is -2.14. The number of anilines is 1. The summed E-state index contributed by atoms with van der Waals surface area (Å²) in [5.74, 6) is 0. The van der Waals surface area contributed by atoms with Gasteiger partial charge in [-0.15, -0.1) is 0 Å². The fourth-order valence-corrected chi connectivity index (χ4v) is 1.69. The van der Waals surface area contributed by atoms with Gasteiger partial charge in [0.15, 0.2) is 0 Å². The van der Waals surface area contributed by atoms with Gasteiger partial charge in [0.25, 0.3) is 0 Å². The van der Waals surface area contributed by atoms with E-state index >= 15 is 0 Å². The summed E-state index contributed by atoms with van der Waals surface area (Å²) < 4.78 is 37.1. The predicted molar refractivity (Wildman–Crippen MR) is 48.3 cm³/mol. The minimum atomic E-state index is -4.16. The average Bonchev–Trinajstić information content (AvgIpc) is 2.45. The summed E-state index contributed by atoms with van der Waals surface area (Å²) in [4.78, 5) is 0. The van der Waals surface area contributed by atoms with Crippen molar-refractivity contribution in [1.29, 1.82) is 0 Å². The van der Waals surface area contributed by atoms with Gasteiger partial charge in [-0.2, -0.15) is 13.2 Å². The van der Waals surface area contributed by atoms with Gasteiger partial charge >= 0.3 is 6.18 Å². The van der Waals surface area contributed by atoms with E-state index in [-0.39, 0.29) is 6.42 Å². The Bertz CT molecular complexity index is 357. The van der Waals surface area contributed by atoms with Crippen LogP contribution in [-0.4, -0.2) is 12.2 Å². The number of rotatable bonds is 0. The lowest BCUT2D eigenvalue weighted by Crippen LogP contribution is -2.34. The van der Waals surface area contributed by atoms with E-state index in [1.165, 1.54) is 0 Å². The maximum atomic E-state index is 12.4. The SMILES string of the molecule is Cc1ccc2c(c1)C[C@H](C(F)(F)F)N2. The highest BCUT2D eigenvalue weighted by atomic mass is 19.4. The molecule has 4 heteroatoms. The molecule has 14 heavy (non-hydrogen) atoms. The van der Waals surface area contributed by atoms with E-state index in [0.717, 1.165) is 11.1 Å². The predicted octanol–water partition coefficient (Wildman–Crippen LogP) is 2.89. The van der Waals surface area contributed by atoms with E-state index in [0.29, 0.717) is 5.69 Å². The topological polar surface area (TPSA) is 12.0 Å². The first-order valence-electron chi connectivity index (χ1n) is 4.39. The van der Waals surface area contributed by atoms with Crippen LogP contribution >= 0.6 is 0 Å². The molecule has 0 spiro atoms. The van der Waals surface area contributed by atoms with Crippen LogP contribution in [0.25, 0.3) is 0 Å². The van der Waals surface area contributed by atoms with Crippen LogP contribution in [0, 0.1) is 6.92 Å². The summed E-state index contributed by atoms with van der Waals surface area (Å²) in [7, 11) is 0. The Morgan fingerprint density at radius 3 is 2.71 bits per heavy atom. The average molecular weight is 201 g/mol. The zero-order valence-corrected chi connectivity index (χ0v) is 7.65. The van der Waals surface area contributed by atoms with Gasteiger partial charge in [-0.3, -0.25) is 0 Å². The van der Waals surface area contributed by atoms with Gasteiger partial charge in [0.2, 0.25) is 0 Å². The van der Waals surface area contributed by atoms with Gasteiger partial charge in [0.1, 0.15) is 6.04 Å². The third-order valence-corrected chi connectivity index (χ3v) is 2.41. The molecule has 2 rings (SSSR count). The van der Waals surface area contributed by atoms with Crippen LogP contribution in [0.3, 0.4) is 0 Å². The smallest absolute Gasteiger partial charge is 0.373 e. The zero-order valence-electron chi connectivity index (χ0n) is 7.65. The number of hydrogen-bond donors (Lipinski definition) is 1. The Labute approximate surface area is 79.9 Å². The van der Waals surface area contributed by atoms with Crippen molar-refractivity contribution in [2.45, 2.75) is 25.6 Å². The lowest BCUT2D eigenvalue weighted by molar-refractivity contribution is -0.140. The highest BCUT2D eigenvalue weighted by Crippen LogP contribution is 2.34. The van der Waals surface area contributed by atoms with Crippen molar-refractivity contribution >= 4 is 5.69 Å². The van der Waals surface area contributed by atoms with E-state index < -0.39 is 12.2 Å². The molecule has 1 nitrogen and oxygen atoms in total. The van der Waals surface area contributed by atoms with Crippen LogP contribution < -0.4 is 5.32 Å². The summed E-state index contributed by atoms with van der Waals surface area (Å²) in [5.41, 5.74) is 2.36. The largest absolute Gasteiger partial charge is 0.408 e. The molecule has 0 aliphatic carbocycles. The first-order valence-corrected chi connectivity index (χ1v) is 4.39. The Hall–Kier alpha value is -1.19. The molecule has 1 atom stereocenters. The maximum absolute atomic E-state index is 12.4. The van der Waals surface area contributed by atoms with E-state index in [1.54, 1.807) is 12.1 Å². The minimum Gasteiger partial charge on any atom is -0.373 e. The van der Waals surface area contributed by atoms with Crippen LogP contribution in [0.2, 0.25) is 0 Å². The molecular formula is C10H10F3N. The lowest BCUT2D eigenvalue weighted by atomic mass is 10.1. The molecule has 0 bridgehead atoms. The minimum absolute atomic E-state index is 0.0422. The molecule has 1 aromatic carbocycles. The molecule has 1 aliphatic rings. The number of aryl methyl sites for hydroxylation is 1. The van der Waals surface area contributed by atoms with Gasteiger partial charge in [-0.25, -0.2) is 0 Å². The summed E-state index contributed by atoms with van der Waals surface area (Å²) >= 11 is 0. The van der Waals surface area contributed by atoms with Crippen LogP contribution in [0.5, 0.6) is 0 Å². The Morgan fingerprint density at radius 1 is 1.36 bits per heavy atom. The third-order valence-electron chi connectivity index (χ3n) is 2.41. The Kier molecular flexibility index (Phi) is 1.94. The molecule has 1 aromatic rings. The van der Waals surface area contributed by atoms with E-state index in [1.807, 2.05) is 13.0 Å². The van der Waals surface area contributed by atoms with Gasteiger partial charge in [0.05, 0.1) is 0 Å². The van der Waals surface area contributed by atoms with E-state index in [2.05, 4.69) is 5.32 Å². The molecule has 0 aromatic heterocycles. The van der Waals surface area contributed by atoms with Crippen molar-refractivity contribution in [3.05, 3.63) is 29.3 Å². The summed E-state index contributed by atoms with van der Waals surface area (Å²) in [6, 6.07) is 3.90. The fourth-order valence-electron chi connectivity index (χ4n) is 1.69. The highest BCUT2D eigenvalue weighted by Gasteiger charge is 2.42. The van der Waals surface area contributed by atoms with Crippen LogP contribution in [0.1, 0.15) is 11.1 Å². The van der Waals surface area contributed by atoms with Gasteiger partial charge in [-0.1, -0.05) is 17.7 Å². The summed E-state index contributed by atoms with van der Waals surface area (Å²) in [6.45, 7) is 1.88. The third kappa shape index (κ3) is 1.56. The fraction of sp³-hybridized carbons (Fsp3) is 0.400. The molecule has 0 saturated carbocycles. The molecular weight excluding hydrogens is 191 g/mol. The normalized spacial score (nSPS) is 20.4. The molecule has 1 aliphatic heterocycles. The molecule has 0 amide bonds. The quantitative estimate of drug-likeness (QED) is 0.680. The van der Waals surface area contributed by atoms with Gasteiger partial charge in [-0.05, 0) is 18.6 Å². The number of nitrogens with one attached hydrogen (secondary N) is 1. The van der Waals surface area contributed by atoms with Crippen molar-refractivity contribution in [2.24, 2.45) is 0 Å². The second kappa shape index (κ2) is 2.90. The van der Waals surface area contributed by atoms with Crippen molar-refractivity contribution in [3.8, 4) is 0 Å². The van der Waals surface area contributed by atoms with Gasteiger partial charge < -0.3 is 5.32 Å². The molecule has 0 unspecified atom stereocenters. The van der Waals surface area contributed by atoms with Crippen LogP contribution in [0.15, 0.2) is 18.2 Å². The number of alkyl halides is 3. The number of hydrogen-bond acceptors (Lipinski definition) is 1. The van der Waals surface area contributed by atoms with Crippen LogP contribution in [0.4, 0.5) is 18.9 Å². The number of halogens is 3. The van der Waals surface area contributed by atoms with Crippen molar-refractivity contribution < 1.29 is 13.2 Å². The summed E-state index contributed by atoms with van der Waals surface area (Å²) in [5, 5.41) is 2.48. The molecule has 1 heterocycles. The van der Waals surface area contributed by atoms with E-state index in [4.69, 9.17) is 0 Å². The highest BCUT2D eigenvalue weighted by molar-refractivity contribution is 5.58. The maximum Gasteiger partial charge on any atom is 0.408 e. The number of fused-ring (bicyclic) bond motifs is 1. The Balaban J connectivity index is 2.26. The molecule has 0 fully saturated rings. The van der Waals surface area contributed by atoms with Gasteiger partial charge in [0, 0.05) is 12.1 Å². The van der Waals surface area contributed by atoms with Crippen LogP contribution in [-0.2, 0) is 6.42 Å². The zero-order chi connectivity index (χ0) is 10.3. The first-order chi connectivity index (χ1) is 6.47. The standard InChI is InChI=1S/C10H10F3N/c1-6-2-3-8-7(4-6)5-9(14-8)10(11,12)13/h2-4,9,14H,5H2,1H3/t9-/m1/s1. The van der Waals surface area contributed by atoms with Crippen molar-refractivity contribution in [2.75, 3.05) is 5.32 Å². The van der Waals surface area contributed by atoms with Crippen molar-refractivity contribution in [3.63, 3.8) is 0 Å². The molecule has 76 valence electrons. The summed E-state index contributed by atoms with van der Waals surface area (Å²) in [6.07, 6.45) is -4.12.